The van der Waals surface area contributed by atoms with Gasteiger partial charge in [0.15, 0.2) is 0 Å². The van der Waals surface area contributed by atoms with Gasteiger partial charge in [-0.25, -0.2) is 0 Å². The summed E-state index contributed by atoms with van der Waals surface area (Å²) < 4.78 is 41.4. The molecule has 0 saturated carbocycles. The highest BCUT2D eigenvalue weighted by Gasteiger charge is 2.48. The Morgan fingerprint density at radius 1 is 1.33 bits per heavy atom. The highest BCUT2D eigenvalue weighted by atomic mass is 19.4. The number of carbonyl (C=O) groups is 2. The average molecular weight is 346 g/mol. The van der Waals surface area contributed by atoms with Crippen molar-refractivity contribution in [1.29, 1.82) is 0 Å². The van der Waals surface area contributed by atoms with Crippen LogP contribution in [0.25, 0.3) is 0 Å². The summed E-state index contributed by atoms with van der Waals surface area (Å²) in [5, 5.41) is 6.60. The van der Waals surface area contributed by atoms with Crippen molar-refractivity contribution in [2.75, 3.05) is 6.54 Å². The molecule has 24 heavy (non-hydrogen) atoms. The van der Waals surface area contributed by atoms with Crippen molar-refractivity contribution in [3.05, 3.63) is 18.0 Å². The number of halogens is 3. The Bertz CT molecular complexity index is 612. The first kappa shape index (κ1) is 18.3. The summed E-state index contributed by atoms with van der Waals surface area (Å²) in [6.07, 6.45) is -1.84. The molecular weight excluding hydrogens is 325 g/mol. The smallest absolute Gasteiger partial charge is 0.352 e. The molecule has 1 aliphatic heterocycles. The number of piperidine rings is 1. The SMILES string of the molecule is CC(=O)N[C@@H]1CC[C@@H](C(F)(F)F)N(C(=O)c2cnn(C(C)C)c2)C1. The number of aromatic nitrogens is 2. The van der Waals surface area contributed by atoms with E-state index in [0.717, 1.165) is 4.90 Å². The van der Waals surface area contributed by atoms with Crippen LogP contribution in [-0.2, 0) is 4.79 Å². The number of nitrogens with zero attached hydrogens (tertiary/aromatic N) is 3. The second-order valence-electron chi connectivity index (χ2n) is 6.29. The summed E-state index contributed by atoms with van der Waals surface area (Å²) >= 11 is 0. The van der Waals surface area contributed by atoms with E-state index in [2.05, 4.69) is 10.4 Å². The molecule has 1 aromatic heterocycles. The highest BCUT2D eigenvalue weighted by molar-refractivity contribution is 5.94. The minimum absolute atomic E-state index is 0.00144. The minimum atomic E-state index is -4.51. The summed E-state index contributed by atoms with van der Waals surface area (Å²) in [5.74, 6) is -1.05. The van der Waals surface area contributed by atoms with E-state index in [1.54, 1.807) is 0 Å². The minimum Gasteiger partial charge on any atom is -0.352 e. The van der Waals surface area contributed by atoms with Crippen LogP contribution >= 0.6 is 0 Å². The van der Waals surface area contributed by atoms with E-state index in [1.165, 1.54) is 24.0 Å². The summed E-state index contributed by atoms with van der Waals surface area (Å²) in [5.41, 5.74) is 0.112. The molecule has 6 nitrogen and oxygen atoms in total. The summed E-state index contributed by atoms with van der Waals surface area (Å²) in [6.45, 7) is 4.84. The van der Waals surface area contributed by atoms with Gasteiger partial charge in [-0.15, -0.1) is 0 Å². The van der Waals surface area contributed by atoms with Gasteiger partial charge >= 0.3 is 6.18 Å². The molecule has 1 N–H and O–H groups in total. The predicted molar refractivity (Wildman–Crippen MR) is 80.3 cm³/mol. The third-order valence-electron chi connectivity index (χ3n) is 4.01. The molecule has 1 saturated heterocycles. The zero-order chi connectivity index (χ0) is 18.1. The Morgan fingerprint density at radius 2 is 2.00 bits per heavy atom. The maximum atomic E-state index is 13.3. The first-order valence-electron chi connectivity index (χ1n) is 7.78. The lowest BCUT2D eigenvalue weighted by molar-refractivity contribution is -0.184. The highest BCUT2D eigenvalue weighted by Crippen LogP contribution is 2.33. The second kappa shape index (κ2) is 6.82. The summed E-state index contributed by atoms with van der Waals surface area (Å²) in [6, 6.07) is -2.33. The lowest BCUT2D eigenvalue weighted by Crippen LogP contribution is -2.58. The van der Waals surface area contributed by atoms with Crippen molar-refractivity contribution in [2.45, 2.75) is 57.9 Å². The van der Waals surface area contributed by atoms with Gasteiger partial charge in [0.1, 0.15) is 6.04 Å². The van der Waals surface area contributed by atoms with Gasteiger partial charge in [-0.1, -0.05) is 0 Å². The number of hydrogen-bond acceptors (Lipinski definition) is 3. The van der Waals surface area contributed by atoms with Crippen LogP contribution in [0, 0.1) is 0 Å². The van der Waals surface area contributed by atoms with E-state index in [1.807, 2.05) is 13.8 Å². The molecule has 1 fully saturated rings. The van der Waals surface area contributed by atoms with E-state index >= 15 is 0 Å². The fourth-order valence-corrected chi connectivity index (χ4v) is 2.84. The number of alkyl halides is 3. The Morgan fingerprint density at radius 3 is 2.50 bits per heavy atom. The molecule has 0 aromatic carbocycles. The molecule has 2 rings (SSSR count). The molecule has 0 spiro atoms. The number of rotatable bonds is 3. The maximum Gasteiger partial charge on any atom is 0.408 e. The van der Waals surface area contributed by atoms with Crippen molar-refractivity contribution in [3.8, 4) is 0 Å². The molecule has 9 heteroatoms. The van der Waals surface area contributed by atoms with Gasteiger partial charge in [-0.3, -0.25) is 14.3 Å². The van der Waals surface area contributed by atoms with E-state index in [-0.39, 0.29) is 36.9 Å². The first-order chi connectivity index (χ1) is 11.1. The van der Waals surface area contributed by atoms with Gasteiger partial charge < -0.3 is 10.2 Å². The largest absolute Gasteiger partial charge is 0.408 e. The van der Waals surface area contributed by atoms with Crippen molar-refractivity contribution in [2.24, 2.45) is 0 Å². The van der Waals surface area contributed by atoms with Crippen LogP contribution in [0.2, 0.25) is 0 Å². The Labute approximate surface area is 138 Å². The number of nitrogens with one attached hydrogen (secondary N) is 1. The van der Waals surface area contributed by atoms with E-state index in [4.69, 9.17) is 0 Å². The molecule has 2 atom stereocenters. The Balaban J connectivity index is 2.24. The molecule has 2 heterocycles. The fraction of sp³-hybridized carbons (Fsp3) is 0.667. The van der Waals surface area contributed by atoms with Gasteiger partial charge in [-0.2, -0.15) is 18.3 Å². The van der Waals surface area contributed by atoms with Gasteiger partial charge in [0, 0.05) is 31.7 Å². The van der Waals surface area contributed by atoms with Crippen LogP contribution in [0.4, 0.5) is 13.2 Å². The number of likely N-dealkylation sites (tertiary alicyclic amines) is 1. The monoisotopic (exact) mass is 346 g/mol. The van der Waals surface area contributed by atoms with Crippen molar-refractivity contribution in [1.82, 2.24) is 20.0 Å². The average Bonchev–Trinajstić information content (AvgIpc) is 2.94. The van der Waals surface area contributed by atoms with Gasteiger partial charge in [-0.05, 0) is 26.7 Å². The lowest BCUT2D eigenvalue weighted by atomic mass is 9.97. The zero-order valence-corrected chi connectivity index (χ0v) is 13.8. The number of hydrogen-bond donors (Lipinski definition) is 1. The van der Waals surface area contributed by atoms with Crippen LogP contribution in [0.15, 0.2) is 12.4 Å². The van der Waals surface area contributed by atoms with Gasteiger partial charge in [0.2, 0.25) is 5.91 Å². The third kappa shape index (κ3) is 4.07. The van der Waals surface area contributed by atoms with Crippen LogP contribution in [0.3, 0.4) is 0 Å². The van der Waals surface area contributed by atoms with Crippen molar-refractivity contribution < 1.29 is 22.8 Å². The van der Waals surface area contributed by atoms with Gasteiger partial charge in [0.25, 0.3) is 5.91 Å². The molecule has 0 radical (unpaired) electrons. The predicted octanol–water partition coefficient (Wildman–Crippen LogP) is 2.14. The number of carbonyl (C=O) groups excluding carboxylic acids is 2. The molecule has 0 bridgehead atoms. The van der Waals surface area contributed by atoms with E-state index in [9.17, 15) is 22.8 Å². The Hall–Kier alpha value is -2.06. The van der Waals surface area contributed by atoms with Crippen LogP contribution in [0.1, 0.15) is 50.0 Å². The molecule has 0 aliphatic carbocycles. The van der Waals surface area contributed by atoms with Crippen LogP contribution in [0.5, 0.6) is 0 Å². The normalized spacial score (nSPS) is 21.9. The molecular formula is C15H21F3N4O2. The quantitative estimate of drug-likeness (QED) is 0.912. The lowest BCUT2D eigenvalue weighted by Gasteiger charge is -2.40. The molecule has 134 valence electrons. The van der Waals surface area contributed by atoms with Crippen molar-refractivity contribution >= 4 is 11.8 Å². The summed E-state index contributed by atoms with van der Waals surface area (Å²) in [7, 11) is 0. The first-order valence-corrected chi connectivity index (χ1v) is 7.78. The van der Waals surface area contributed by atoms with Crippen molar-refractivity contribution in [3.63, 3.8) is 0 Å². The number of amides is 2. The standard InChI is InChI=1S/C15H21F3N4O2/c1-9(2)22-7-11(6-19-22)14(24)21-8-12(20-10(3)23)4-5-13(21)15(16,17)18/h6-7,9,12-13H,4-5,8H2,1-3H3,(H,20,23)/t12-,13+/m1/s1. The molecule has 1 aliphatic rings. The third-order valence-corrected chi connectivity index (χ3v) is 4.01. The van der Waals surface area contributed by atoms with E-state index in [0.29, 0.717) is 0 Å². The zero-order valence-electron chi connectivity index (χ0n) is 13.8. The van der Waals surface area contributed by atoms with Crippen LogP contribution in [-0.4, -0.2) is 51.3 Å². The summed E-state index contributed by atoms with van der Waals surface area (Å²) in [4.78, 5) is 24.5. The molecule has 0 unspecified atom stereocenters. The van der Waals surface area contributed by atoms with Crippen LogP contribution < -0.4 is 5.32 Å². The fourth-order valence-electron chi connectivity index (χ4n) is 2.84. The molecule has 2 amide bonds. The van der Waals surface area contributed by atoms with Gasteiger partial charge in [0.05, 0.1) is 11.8 Å². The topological polar surface area (TPSA) is 67.2 Å². The van der Waals surface area contributed by atoms with E-state index < -0.39 is 24.2 Å². The molecule has 1 aromatic rings. The maximum absolute atomic E-state index is 13.3. The Kier molecular flexibility index (Phi) is 5.19. The second-order valence-corrected chi connectivity index (χ2v) is 6.29.